The first-order chi connectivity index (χ1) is 6.31. The molecular formula is C8H7ClN2O2. The van der Waals surface area contributed by atoms with E-state index >= 15 is 0 Å². The van der Waals surface area contributed by atoms with Crippen LogP contribution in [0.1, 0.15) is 5.56 Å². The number of rotatable bonds is 1. The van der Waals surface area contributed by atoms with Gasteiger partial charge in [-0.25, -0.2) is 4.98 Å². The van der Waals surface area contributed by atoms with Gasteiger partial charge in [-0.15, -0.1) is 0 Å². The largest absolute Gasteiger partial charge is 0.486 e. The second-order valence-electron chi connectivity index (χ2n) is 2.51. The van der Waals surface area contributed by atoms with Crippen LogP contribution in [0, 0.1) is 0 Å². The minimum absolute atomic E-state index is 0.408. The predicted molar refractivity (Wildman–Crippen MR) is 48.3 cm³/mol. The first-order valence-corrected chi connectivity index (χ1v) is 4.08. The maximum atomic E-state index is 5.69. The third kappa shape index (κ3) is 1.45. The summed E-state index contributed by atoms with van der Waals surface area (Å²) in [7, 11) is 1.49. The molecule has 0 saturated carbocycles. The van der Waals surface area contributed by atoms with Crippen LogP contribution in [0.25, 0.3) is 0 Å². The summed E-state index contributed by atoms with van der Waals surface area (Å²) in [4.78, 5) is 8.59. The molecule has 0 bridgehead atoms. The molecule has 68 valence electrons. The fraction of sp³-hybridized carbons (Fsp3) is 0.250. The third-order valence-corrected chi connectivity index (χ3v) is 1.92. The van der Waals surface area contributed by atoms with Gasteiger partial charge >= 0.3 is 0 Å². The molecule has 1 aliphatic rings. The summed E-state index contributed by atoms with van der Waals surface area (Å²) >= 11 is 5.69. The lowest BCUT2D eigenvalue weighted by atomic mass is 10.2. The van der Waals surface area contributed by atoms with E-state index in [9.17, 15) is 0 Å². The van der Waals surface area contributed by atoms with Crippen molar-refractivity contribution in [3.05, 3.63) is 23.0 Å². The first kappa shape index (κ1) is 8.31. The number of oxime groups is 1. The van der Waals surface area contributed by atoms with Crippen LogP contribution in [0.15, 0.2) is 17.4 Å². The Morgan fingerprint density at radius 3 is 3.31 bits per heavy atom. The van der Waals surface area contributed by atoms with Crippen molar-refractivity contribution in [2.75, 3.05) is 13.7 Å². The number of fused-ring (bicyclic) bond motifs is 1. The summed E-state index contributed by atoms with van der Waals surface area (Å²) < 4.78 is 5.31. The van der Waals surface area contributed by atoms with E-state index in [1.54, 1.807) is 12.3 Å². The van der Waals surface area contributed by atoms with Gasteiger partial charge in [0.2, 0.25) is 0 Å². The smallest absolute Gasteiger partial charge is 0.134 e. The molecule has 0 saturated heterocycles. The zero-order valence-electron chi connectivity index (χ0n) is 6.95. The molecule has 0 aromatic carbocycles. The zero-order valence-corrected chi connectivity index (χ0v) is 7.71. The van der Waals surface area contributed by atoms with Crippen molar-refractivity contribution in [1.82, 2.24) is 4.98 Å². The van der Waals surface area contributed by atoms with E-state index in [2.05, 4.69) is 15.0 Å². The Bertz CT molecular complexity index is 365. The van der Waals surface area contributed by atoms with E-state index in [-0.39, 0.29) is 0 Å². The monoisotopic (exact) mass is 198 g/mol. The van der Waals surface area contributed by atoms with Crippen molar-refractivity contribution >= 4 is 17.3 Å². The van der Waals surface area contributed by atoms with Crippen LogP contribution in [-0.2, 0) is 4.84 Å². The number of hydrogen-bond acceptors (Lipinski definition) is 4. The molecule has 13 heavy (non-hydrogen) atoms. The molecule has 0 spiro atoms. The van der Waals surface area contributed by atoms with Gasteiger partial charge in [-0.2, -0.15) is 0 Å². The highest BCUT2D eigenvalue weighted by molar-refractivity contribution is 6.29. The summed E-state index contributed by atoms with van der Waals surface area (Å²) in [6, 6.07) is 1.66. The molecule has 2 heterocycles. The van der Waals surface area contributed by atoms with Gasteiger partial charge in [0.25, 0.3) is 0 Å². The lowest BCUT2D eigenvalue weighted by molar-refractivity contribution is 0.211. The zero-order chi connectivity index (χ0) is 9.26. The maximum Gasteiger partial charge on any atom is 0.134 e. The van der Waals surface area contributed by atoms with Crippen molar-refractivity contribution in [1.29, 1.82) is 0 Å². The number of aromatic nitrogens is 1. The van der Waals surface area contributed by atoms with E-state index < -0.39 is 0 Å². The number of hydrogen-bond donors (Lipinski definition) is 0. The van der Waals surface area contributed by atoms with Crippen LogP contribution >= 0.6 is 11.6 Å². The van der Waals surface area contributed by atoms with Crippen LogP contribution in [0.4, 0.5) is 0 Å². The second-order valence-corrected chi connectivity index (χ2v) is 2.90. The molecule has 1 aliphatic heterocycles. The number of halogens is 1. The quantitative estimate of drug-likeness (QED) is 0.507. The summed E-state index contributed by atoms with van der Waals surface area (Å²) in [5.41, 5.74) is 1.58. The highest BCUT2D eigenvalue weighted by atomic mass is 35.5. The summed E-state index contributed by atoms with van der Waals surface area (Å²) in [6.07, 6.45) is 1.63. The molecule has 0 unspecified atom stereocenters. The normalized spacial score (nSPS) is 16.9. The van der Waals surface area contributed by atoms with Crippen molar-refractivity contribution < 1.29 is 9.57 Å². The van der Waals surface area contributed by atoms with Gasteiger partial charge in [0.1, 0.15) is 30.3 Å². The number of pyridine rings is 1. The third-order valence-electron chi connectivity index (χ3n) is 1.71. The minimum atomic E-state index is 0.408. The van der Waals surface area contributed by atoms with Crippen LogP contribution in [0.3, 0.4) is 0 Å². The highest BCUT2D eigenvalue weighted by Crippen LogP contribution is 2.26. The molecule has 5 heteroatoms. The molecule has 0 aliphatic carbocycles. The standard InChI is InChI=1S/C8H7ClN2O2/c1-12-11-6-4-13-7-2-8(9)10-3-5(6)7/h2-3H,4H2,1H3/b11-6-. The van der Waals surface area contributed by atoms with Gasteiger partial charge in [-0.3, -0.25) is 0 Å². The Morgan fingerprint density at radius 2 is 2.54 bits per heavy atom. The van der Waals surface area contributed by atoms with Crippen LogP contribution < -0.4 is 4.74 Å². The van der Waals surface area contributed by atoms with Crippen molar-refractivity contribution in [3.63, 3.8) is 0 Å². The molecule has 1 aromatic rings. The van der Waals surface area contributed by atoms with Crippen molar-refractivity contribution in [2.45, 2.75) is 0 Å². The van der Waals surface area contributed by atoms with Crippen molar-refractivity contribution in [3.8, 4) is 5.75 Å². The van der Waals surface area contributed by atoms with E-state index in [0.29, 0.717) is 17.5 Å². The van der Waals surface area contributed by atoms with E-state index in [1.165, 1.54) is 7.11 Å². The molecule has 2 rings (SSSR count). The van der Waals surface area contributed by atoms with E-state index in [0.717, 1.165) is 11.3 Å². The SMILES string of the molecule is CO/N=C1/COc2cc(Cl)ncc21. The minimum Gasteiger partial charge on any atom is -0.486 e. The topological polar surface area (TPSA) is 43.7 Å². The summed E-state index contributed by atoms with van der Waals surface area (Å²) in [5.74, 6) is 0.704. The van der Waals surface area contributed by atoms with Crippen LogP contribution in [0.2, 0.25) is 5.15 Å². The molecule has 0 radical (unpaired) electrons. The summed E-state index contributed by atoms with van der Waals surface area (Å²) in [5, 5.41) is 4.22. The molecule has 0 amide bonds. The Balaban J connectivity index is 2.44. The predicted octanol–water partition coefficient (Wildman–Crippen LogP) is 1.48. The maximum absolute atomic E-state index is 5.69. The Hall–Kier alpha value is -1.29. The van der Waals surface area contributed by atoms with Gasteiger partial charge in [-0.1, -0.05) is 16.8 Å². The number of nitrogens with zero attached hydrogens (tertiary/aromatic N) is 2. The Labute approximate surface area is 80.1 Å². The van der Waals surface area contributed by atoms with E-state index in [4.69, 9.17) is 16.3 Å². The van der Waals surface area contributed by atoms with Gasteiger partial charge in [0, 0.05) is 12.3 Å². The lowest BCUT2D eigenvalue weighted by Gasteiger charge is -1.95. The van der Waals surface area contributed by atoms with Crippen LogP contribution in [0.5, 0.6) is 5.75 Å². The van der Waals surface area contributed by atoms with Gasteiger partial charge in [0.05, 0.1) is 5.56 Å². The fourth-order valence-corrected chi connectivity index (χ4v) is 1.31. The highest BCUT2D eigenvalue weighted by Gasteiger charge is 2.20. The van der Waals surface area contributed by atoms with Crippen LogP contribution in [-0.4, -0.2) is 24.4 Å². The van der Waals surface area contributed by atoms with Crippen molar-refractivity contribution in [2.24, 2.45) is 5.16 Å². The molecule has 0 N–H and O–H groups in total. The molecule has 0 fully saturated rings. The van der Waals surface area contributed by atoms with Gasteiger partial charge in [0.15, 0.2) is 0 Å². The molecule has 0 atom stereocenters. The summed E-state index contributed by atoms with van der Waals surface area (Å²) in [6.45, 7) is 0.408. The number of ether oxygens (including phenoxy) is 1. The van der Waals surface area contributed by atoms with Gasteiger partial charge < -0.3 is 9.57 Å². The fourth-order valence-electron chi connectivity index (χ4n) is 1.16. The average molecular weight is 199 g/mol. The molecule has 1 aromatic heterocycles. The van der Waals surface area contributed by atoms with E-state index in [1.807, 2.05) is 0 Å². The second kappa shape index (κ2) is 3.22. The Kier molecular flexibility index (Phi) is 2.06. The molecular weight excluding hydrogens is 192 g/mol. The first-order valence-electron chi connectivity index (χ1n) is 3.70. The average Bonchev–Trinajstić information content (AvgIpc) is 2.49. The Morgan fingerprint density at radius 1 is 1.69 bits per heavy atom. The lowest BCUT2D eigenvalue weighted by Crippen LogP contribution is -2.02. The van der Waals surface area contributed by atoms with Gasteiger partial charge in [-0.05, 0) is 0 Å². The molecule has 4 nitrogen and oxygen atoms in total.